The first kappa shape index (κ1) is 27.2. The Morgan fingerprint density at radius 2 is 1.62 bits per heavy atom. The van der Waals surface area contributed by atoms with Crippen LogP contribution in [0.2, 0.25) is 0 Å². The molecule has 2 aliphatic heterocycles. The highest BCUT2D eigenvalue weighted by Gasteiger charge is 2.51. The van der Waals surface area contributed by atoms with Crippen LogP contribution in [0.5, 0.6) is 0 Å². The Bertz CT molecular complexity index is 690. The highest BCUT2D eigenvalue weighted by molar-refractivity contribution is 6.03. The fourth-order valence-electron chi connectivity index (χ4n) is 6.51. The molecule has 2 unspecified atom stereocenters. The summed E-state index contributed by atoms with van der Waals surface area (Å²) in [6.07, 6.45) is 16.6. The van der Waals surface area contributed by atoms with Crippen LogP contribution in [0.3, 0.4) is 0 Å². The van der Waals surface area contributed by atoms with Crippen molar-refractivity contribution in [2.24, 2.45) is 17.3 Å². The predicted molar refractivity (Wildman–Crippen MR) is 137 cm³/mol. The van der Waals surface area contributed by atoms with Crippen LogP contribution >= 0.6 is 0 Å². The smallest absolute Gasteiger partial charge is 0.326 e. The van der Waals surface area contributed by atoms with Crippen molar-refractivity contribution in [2.75, 3.05) is 39.8 Å². The predicted octanol–water partition coefficient (Wildman–Crippen LogP) is 5.50. The maximum absolute atomic E-state index is 13.6. The van der Waals surface area contributed by atoms with Gasteiger partial charge < -0.3 is 9.80 Å². The number of imide groups is 1. The lowest BCUT2D eigenvalue weighted by atomic mass is 9.68. The topological polar surface area (TPSA) is 60.9 Å². The van der Waals surface area contributed by atoms with Gasteiger partial charge in [0, 0.05) is 26.1 Å². The highest BCUT2D eigenvalue weighted by Crippen LogP contribution is 2.42. The molecule has 0 aromatic carbocycles. The SMILES string of the molecule is CCCCCCCCCN1CCCC(C(=O)CN2C(=O)N(C)CC(C)(C3CCCCC3)C2=O)C1. The molecule has 6 nitrogen and oxygen atoms in total. The van der Waals surface area contributed by atoms with E-state index >= 15 is 0 Å². The quantitative estimate of drug-likeness (QED) is 0.350. The van der Waals surface area contributed by atoms with E-state index in [1.54, 1.807) is 11.9 Å². The summed E-state index contributed by atoms with van der Waals surface area (Å²) in [6.45, 7) is 7.58. The van der Waals surface area contributed by atoms with E-state index in [0.717, 1.165) is 58.2 Å². The first-order valence-corrected chi connectivity index (χ1v) is 14.2. The third-order valence-corrected chi connectivity index (χ3v) is 8.72. The number of urea groups is 1. The molecular formula is C28H49N3O3. The summed E-state index contributed by atoms with van der Waals surface area (Å²) in [5.41, 5.74) is -0.570. The minimum atomic E-state index is -0.570. The normalized spacial score (nSPS) is 27.4. The third-order valence-electron chi connectivity index (χ3n) is 8.72. The van der Waals surface area contributed by atoms with Crippen LogP contribution in [0.4, 0.5) is 4.79 Å². The van der Waals surface area contributed by atoms with Crippen LogP contribution in [0.15, 0.2) is 0 Å². The molecule has 6 heteroatoms. The van der Waals surface area contributed by atoms with Gasteiger partial charge >= 0.3 is 6.03 Å². The average molecular weight is 476 g/mol. The van der Waals surface area contributed by atoms with Gasteiger partial charge in [-0.2, -0.15) is 0 Å². The fourth-order valence-corrected chi connectivity index (χ4v) is 6.51. The Labute approximate surface area is 207 Å². The minimum absolute atomic E-state index is 0.0553. The van der Waals surface area contributed by atoms with Gasteiger partial charge in [-0.25, -0.2) is 4.79 Å². The van der Waals surface area contributed by atoms with Crippen molar-refractivity contribution in [2.45, 2.75) is 104 Å². The Kier molecular flexibility index (Phi) is 10.4. The zero-order valence-electron chi connectivity index (χ0n) is 22.2. The number of amides is 3. The molecule has 0 N–H and O–H groups in total. The molecule has 1 saturated carbocycles. The molecule has 2 atom stereocenters. The van der Waals surface area contributed by atoms with Crippen molar-refractivity contribution in [1.82, 2.24) is 14.7 Å². The van der Waals surface area contributed by atoms with Crippen LogP contribution in [-0.2, 0) is 9.59 Å². The number of likely N-dealkylation sites (tertiary alicyclic amines) is 1. The number of rotatable bonds is 12. The lowest BCUT2D eigenvalue weighted by Crippen LogP contribution is -2.63. The number of hydrogen-bond donors (Lipinski definition) is 0. The molecule has 34 heavy (non-hydrogen) atoms. The van der Waals surface area contributed by atoms with Crippen LogP contribution in [0.25, 0.3) is 0 Å². The lowest BCUT2D eigenvalue weighted by Gasteiger charge is -2.47. The van der Waals surface area contributed by atoms with E-state index in [-0.39, 0.29) is 30.2 Å². The molecule has 0 aromatic rings. The standard InChI is InChI=1S/C28H49N3O3/c1-4-5-6-7-8-9-13-18-30-19-14-15-23(20-30)25(32)21-31-26(33)28(2,22-29(3)27(31)34)24-16-11-10-12-17-24/h23-24H,4-22H2,1-3H3. The highest BCUT2D eigenvalue weighted by atomic mass is 16.2. The molecule has 0 bridgehead atoms. The second-order valence-corrected chi connectivity index (χ2v) is 11.5. The summed E-state index contributed by atoms with van der Waals surface area (Å²) in [6, 6.07) is -0.303. The monoisotopic (exact) mass is 475 g/mol. The summed E-state index contributed by atoms with van der Waals surface area (Å²) in [5.74, 6) is 0.181. The molecule has 0 spiro atoms. The van der Waals surface area contributed by atoms with Gasteiger partial charge in [0.2, 0.25) is 5.91 Å². The minimum Gasteiger partial charge on any atom is -0.326 e. The van der Waals surface area contributed by atoms with E-state index in [4.69, 9.17) is 0 Å². The van der Waals surface area contributed by atoms with Crippen LogP contribution in [-0.4, -0.2) is 72.2 Å². The molecule has 0 aromatic heterocycles. The molecule has 0 radical (unpaired) electrons. The van der Waals surface area contributed by atoms with E-state index in [1.807, 2.05) is 6.92 Å². The van der Waals surface area contributed by atoms with E-state index in [2.05, 4.69) is 11.8 Å². The first-order valence-electron chi connectivity index (χ1n) is 14.2. The second-order valence-electron chi connectivity index (χ2n) is 11.5. The average Bonchev–Trinajstić information content (AvgIpc) is 2.85. The molecular weight excluding hydrogens is 426 g/mol. The Balaban J connectivity index is 1.51. The number of carbonyl (C=O) groups is 3. The molecule has 194 valence electrons. The number of nitrogens with zero attached hydrogens (tertiary/aromatic N) is 3. The van der Waals surface area contributed by atoms with E-state index in [9.17, 15) is 14.4 Å². The zero-order valence-corrected chi connectivity index (χ0v) is 22.2. The lowest BCUT2D eigenvalue weighted by molar-refractivity contribution is -0.150. The molecule has 3 fully saturated rings. The van der Waals surface area contributed by atoms with Crippen molar-refractivity contribution in [3.63, 3.8) is 0 Å². The summed E-state index contributed by atoms with van der Waals surface area (Å²) in [7, 11) is 1.78. The molecule has 1 aliphatic carbocycles. The van der Waals surface area contributed by atoms with Gasteiger partial charge in [0.15, 0.2) is 5.78 Å². The van der Waals surface area contributed by atoms with Gasteiger partial charge in [-0.05, 0) is 58.0 Å². The van der Waals surface area contributed by atoms with E-state index in [0.29, 0.717) is 12.5 Å². The number of hydrogen-bond acceptors (Lipinski definition) is 4. The van der Waals surface area contributed by atoms with Crippen molar-refractivity contribution in [1.29, 1.82) is 0 Å². The van der Waals surface area contributed by atoms with Crippen molar-refractivity contribution in [3.8, 4) is 0 Å². The maximum Gasteiger partial charge on any atom is 0.326 e. The number of unbranched alkanes of at least 4 members (excludes halogenated alkanes) is 6. The fraction of sp³-hybridized carbons (Fsp3) is 0.893. The van der Waals surface area contributed by atoms with Crippen molar-refractivity contribution in [3.05, 3.63) is 0 Å². The molecule has 2 saturated heterocycles. The van der Waals surface area contributed by atoms with Crippen LogP contribution < -0.4 is 0 Å². The summed E-state index contributed by atoms with van der Waals surface area (Å²) in [4.78, 5) is 45.2. The van der Waals surface area contributed by atoms with Gasteiger partial charge in [0.05, 0.1) is 12.0 Å². The maximum atomic E-state index is 13.6. The van der Waals surface area contributed by atoms with E-state index in [1.165, 1.54) is 56.3 Å². The van der Waals surface area contributed by atoms with Crippen molar-refractivity contribution < 1.29 is 14.4 Å². The Hall–Kier alpha value is -1.43. The first-order chi connectivity index (χ1) is 16.4. The van der Waals surface area contributed by atoms with Crippen LogP contribution in [0, 0.1) is 17.3 Å². The van der Waals surface area contributed by atoms with Gasteiger partial charge in [-0.3, -0.25) is 14.5 Å². The number of Topliss-reactive ketones (excluding diaryl/α,β-unsaturated/α-hetero) is 1. The Morgan fingerprint density at radius 1 is 0.941 bits per heavy atom. The molecule has 3 rings (SSSR count). The summed E-state index contributed by atoms with van der Waals surface area (Å²) < 4.78 is 0. The zero-order chi connectivity index (χ0) is 24.6. The Morgan fingerprint density at radius 3 is 2.32 bits per heavy atom. The van der Waals surface area contributed by atoms with Gasteiger partial charge in [-0.1, -0.05) is 64.7 Å². The molecule has 3 aliphatic rings. The number of ketones is 1. The second kappa shape index (κ2) is 13.0. The number of piperidine rings is 1. The number of carbonyl (C=O) groups excluding carboxylic acids is 3. The van der Waals surface area contributed by atoms with Gasteiger partial charge in [0.1, 0.15) is 0 Å². The van der Waals surface area contributed by atoms with Crippen molar-refractivity contribution >= 4 is 17.7 Å². The molecule has 2 heterocycles. The van der Waals surface area contributed by atoms with Gasteiger partial charge in [0.25, 0.3) is 0 Å². The third kappa shape index (κ3) is 6.83. The largest absolute Gasteiger partial charge is 0.326 e. The van der Waals surface area contributed by atoms with Crippen LogP contribution in [0.1, 0.15) is 104 Å². The summed E-state index contributed by atoms with van der Waals surface area (Å²) >= 11 is 0. The molecule has 3 amide bonds. The van der Waals surface area contributed by atoms with E-state index < -0.39 is 5.41 Å². The van der Waals surface area contributed by atoms with Gasteiger partial charge in [-0.15, -0.1) is 0 Å². The summed E-state index contributed by atoms with van der Waals surface area (Å²) in [5, 5.41) is 0.